The van der Waals surface area contributed by atoms with Gasteiger partial charge >= 0.3 is 0 Å². The second-order valence-electron chi connectivity index (χ2n) is 3.85. The highest BCUT2D eigenvalue weighted by molar-refractivity contribution is 5.77. The quantitative estimate of drug-likeness (QED) is 0.489. The number of likely N-dealkylation sites (N-methyl/N-ethyl adjacent to an activating group) is 1. The minimum atomic E-state index is 0.0123. The Morgan fingerprint density at radius 1 is 1.44 bits per heavy atom. The number of aromatic amines is 1. The molecule has 0 aliphatic heterocycles. The summed E-state index contributed by atoms with van der Waals surface area (Å²) in [6, 6.07) is 0. The molecule has 7 nitrogen and oxygen atoms in total. The summed E-state index contributed by atoms with van der Waals surface area (Å²) >= 11 is 0. The fourth-order valence-corrected chi connectivity index (χ4v) is 1.37. The second kappa shape index (κ2) is 9.55. The molecular formula is C11H21N5O2. The maximum atomic E-state index is 10.9. The molecule has 0 aliphatic rings. The number of ether oxygens (including phenoxy) is 1. The number of carbonyl (C=O) groups excluding carboxylic acids is 1. The van der Waals surface area contributed by atoms with E-state index in [0.717, 1.165) is 38.2 Å². The maximum Gasteiger partial charge on any atom is 0.233 e. The summed E-state index contributed by atoms with van der Waals surface area (Å²) in [5, 5.41) is 12.2. The molecule has 18 heavy (non-hydrogen) atoms. The number of nitrogens with zero attached hydrogens (tertiary/aromatic N) is 2. The van der Waals surface area contributed by atoms with Crippen LogP contribution in [0.5, 0.6) is 0 Å². The lowest BCUT2D eigenvalue weighted by atomic mass is 10.3. The Morgan fingerprint density at radius 3 is 3.06 bits per heavy atom. The standard InChI is InChI=1S/C11H21N5O2/c1-12-11(17)8-13-5-2-3-6-18-7-4-10-14-9-15-16-10/h9,13H,2-8H2,1H3,(H,12,17)(H,14,15,16). The molecule has 1 heterocycles. The van der Waals surface area contributed by atoms with Crippen LogP contribution in [0, 0.1) is 0 Å². The number of amides is 1. The number of carbonyl (C=O) groups is 1. The summed E-state index contributed by atoms with van der Waals surface area (Å²) in [6.07, 6.45) is 4.23. The summed E-state index contributed by atoms with van der Waals surface area (Å²) < 4.78 is 5.46. The summed E-state index contributed by atoms with van der Waals surface area (Å²) in [5.74, 6) is 0.862. The predicted octanol–water partition coefficient (Wildman–Crippen LogP) is -0.520. The number of hydrogen-bond donors (Lipinski definition) is 3. The van der Waals surface area contributed by atoms with Crippen molar-refractivity contribution < 1.29 is 9.53 Å². The Bertz CT molecular complexity index is 315. The van der Waals surface area contributed by atoms with Crippen molar-refractivity contribution in [1.29, 1.82) is 0 Å². The summed E-state index contributed by atoms with van der Waals surface area (Å²) in [5.41, 5.74) is 0. The molecule has 1 aromatic heterocycles. The van der Waals surface area contributed by atoms with Crippen LogP contribution in [-0.2, 0) is 16.0 Å². The zero-order valence-electron chi connectivity index (χ0n) is 10.7. The number of aromatic nitrogens is 3. The van der Waals surface area contributed by atoms with E-state index in [1.165, 1.54) is 6.33 Å². The molecule has 0 aliphatic carbocycles. The Labute approximate surface area is 107 Å². The zero-order valence-corrected chi connectivity index (χ0v) is 10.7. The van der Waals surface area contributed by atoms with Crippen LogP contribution >= 0.6 is 0 Å². The molecule has 3 N–H and O–H groups in total. The molecule has 0 fully saturated rings. The average Bonchev–Trinajstić information content (AvgIpc) is 2.89. The van der Waals surface area contributed by atoms with Crippen LogP contribution in [0.1, 0.15) is 18.7 Å². The molecule has 1 aromatic rings. The van der Waals surface area contributed by atoms with Gasteiger partial charge in [0, 0.05) is 20.1 Å². The van der Waals surface area contributed by atoms with Crippen LogP contribution in [0.2, 0.25) is 0 Å². The van der Waals surface area contributed by atoms with E-state index < -0.39 is 0 Å². The topological polar surface area (TPSA) is 91.9 Å². The third kappa shape index (κ3) is 6.97. The Hall–Kier alpha value is -1.47. The van der Waals surface area contributed by atoms with E-state index in [2.05, 4.69) is 25.8 Å². The second-order valence-corrected chi connectivity index (χ2v) is 3.85. The van der Waals surface area contributed by atoms with Gasteiger partial charge in [-0.1, -0.05) is 0 Å². The smallest absolute Gasteiger partial charge is 0.233 e. The monoisotopic (exact) mass is 255 g/mol. The van der Waals surface area contributed by atoms with E-state index in [0.29, 0.717) is 13.2 Å². The van der Waals surface area contributed by atoms with Crippen LogP contribution in [0.15, 0.2) is 6.33 Å². The lowest BCUT2D eigenvalue weighted by Crippen LogP contribution is -2.31. The van der Waals surface area contributed by atoms with E-state index >= 15 is 0 Å². The van der Waals surface area contributed by atoms with Crippen LogP contribution in [0.3, 0.4) is 0 Å². The van der Waals surface area contributed by atoms with E-state index in [1.54, 1.807) is 7.05 Å². The van der Waals surface area contributed by atoms with Crippen molar-refractivity contribution in [2.45, 2.75) is 19.3 Å². The number of H-pyrrole nitrogens is 1. The minimum absolute atomic E-state index is 0.0123. The minimum Gasteiger partial charge on any atom is -0.381 e. The van der Waals surface area contributed by atoms with E-state index in [4.69, 9.17) is 4.74 Å². The molecule has 0 unspecified atom stereocenters. The van der Waals surface area contributed by atoms with Gasteiger partial charge in [0.05, 0.1) is 13.2 Å². The number of unbranched alkanes of at least 4 members (excludes halogenated alkanes) is 1. The van der Waals surface area contributed by atoms with Crippen LogP contribution in [0.25, 0.3) is 0 Å². The highest BCUT2D eigenvalue weighted by atomic mass is 16.5. The van der Waals surface area contributed by atoms with Crippen LogP contribution in [-0.4, -0.2) is 54.4 Å². The van der Waals surface area contributed by atoms with Crippen molar-refractivity contribution in [2.24, 2.45) is 0 Å². The van der Waals surface area contributed by atoms with Gasteiger partial charge < -0.3 is 15.4 Å². The van der Waals surface area contributed by atoms with Gasteiger partial charge in [0.2, 0.25) is 5.91 Å². The number of rotatable bonds is 10. The third-order valence-corrected chi connectivity index (χ3v) is 2.40. The maximum absolute atomic E-state index is 10.9. The number of nitrogens with one attached hydrogen (secondary N) is 3. The SMILES string of the molecule is CNC(=O)CNCCCCOCCc1ncn[nH]1. The van der Waals surface area contributed by atoms with Crippen molar-refractivity contribution >= 4 is 5.91 Å². The fourth-order valence-electron chi connectivity index (χ4n) is 1.37. The van der Waals surface area contributed by atoms with Crippen molar-refractivity contribution in [1.82, 2.24) is 25.8 Å². The zero-order chi connectivity index (χ0) is 13.1. The van der Waals surface area contributed by atoms with Crippen LogP contribution in [0.4, 0.5) is 0 Å². The van der Waals surface area contributed by atoms with Gasteiger partial charge in [-0.2, -0.15) is 5.10 Å². The highest BCUT2D eigenvalue weighted by Gasteiger charge is 1.97. The molecule has 7 heteroatoms. The Kier molecular flexibility index (Phi) is 7.74. The first-order valence-corrected chi connectivity index (χ1v) is 6.16. The summed E-state index contributed by atoms with van der Waals surface area (Å²) in [6.45, 7) is 2.60. The first-order chi connectivity index (χ1) is 8.83. The molecule has 1 rings (SSSR count). The normalized spacial score (nSPS) is 10.5. The first kappa shape index (κ1) is 14.6. The van der Waals surface area contributed by atoms with E-state index in [-0.39, 0.29) is 5.91 Å². The Morgan fingerprint density at radius 2 is 2.33 bits per heavy atom. The molecular weight excluding hydrogens is 234 g/mol. The fraction of sp³-hybridized carbons (Fsp3) is 0.727. The molecule has 0 atom stereocenters. The molecule has 0 saturated carbocycles. The lowest BCUT2D eigenvalue weighted by Gasteiger charge is -2.04. The van der Waals surface area contributed by atoms with Crippen molar-refractivity contribution in [3.05, 3.63) is 12.2 Å². The molecule has 102 valence electrons. The van der Waals surface area contributed by atoms with Gasteiger partial charge in [-0.15, -0.1) is 0 Å². The van der Waals surface area contributed by atoms with Crippen molar-refractivity contribution in [3.63, 3.8) is 0 Å². The molecule has 0 saturated heterocycles. The predicted molar refractivity (Wildman–Crippen MR) is 67.1 cm³/mol. The summed E-state index contributed by atoms with van der Waals surface area (Å²) in [4.78, 5) is 14.9. The molecule has 0 aromatic carbocycles. The molecule has 0 spiro atoms. The van der Waals surface area contributed by atoms with Gasteiger partial charge in [-0.25, -0.2) is 4.98 Å². The largest absolute Gasteiger partial charge is 0.381 e. The summed E-state index contributed by atoms with van der Waals surface area (Å²) in [7, 11) is 1.63. The van der Waals surface area contributed by atoms with Crippen molar-refractivity contribution in [2.75, 3.05) is 33.4 Å². The van der Waals surface area contributed by atoms with Gasteiger partial charge in [-0.3, -0.25) is 9.89 Å². The van der Waals surface area contributed by atoms with Crippen LogP contribution < -0.4 is 10.6 Å². The molecule has 1 amide bonds. The van der Waals surface area contributed by atoms with Gasteiger partial charge in [0.25, 0.3) is 0 Å². The van der Waals surface area contributed by atoms with Crippen molar-refractivity contribution in [3.8, 4) is 0 Å². The highest BCUT2D eigenvalue weighted by Crippen LogP contribution is 1.92. The van der Waals surface area contributed by atoms with Gasteiger partial charge in [-0.05, 0) is 19.4 Å². The first-order valence-electron chi connectivity index (χ1n) is 6.16. The number of hydrogen-bond acceptors (Lipinski definition) is 5. The van der Waals surface area contributed by atoms with Gasteiger partial charge in [0.1, 0.15) is 12.2 Å². The molecule has 0 radical (unpaired) electrons. The van der Waals surface area contributed by atoms with E-state index in [9.17, 15) is 4.79 Å². The lowest BCUT2D eigenvalue weighted by molar-refractivity contribution is -0.119. The van der Waals surface area contributed by atoms with E-state index in [1.807, 2.05) is 0 Å². The average molecular weight is 255 g/mol. The molecule has 0 bridgehead atoms. The van der Waals surface area contributed by atoms with Gasteiger partial charge in [0.15, 0.2) is 0 Å². The third-order valence-electron chi connectivity index (χ3n) is 2.40. The Balaban J connectivity index is 1.80.